The summed E-state index contributed by atoms with van der Waals surface area (Å²) in [5.41, 5.74) is 4.34. The van der Waals surface area contributed by atoms with Gasteiger partial charge in [0, 0.05) is 30.7 Å². The Hall–Kier alpha value is -2.66. The van der Waals surface area contributed by atoms with Crippen molar-refractivity contribution in [2.24, 2.45) is 5.92 Å². The number of imidazole rings is 1. The minimum Gasteiger partial charge on any atom is -0.326 e. The number of hydrogen-bond acceptors (Lipinski definition) is 3. The SMILES string of the molecule is C[C@@H](c1ccccc1)N1CCn2c(nc3cc(NC(=O)C4CCCCC4)ccc32)C1. The van der Waals surface area contributed by atoms with Gasteiger partial charge < -0.3 is 9.88 Å². The molecule has 0 unspecified atom stereocenters. The molecule has 1 N–H and O–H groups in total. The Balaban J connectivity index is 1.33. The predicted molar refractivity (Wildman–Crippen MR) is 120 cm³/mol. The van der Waals surface area contributed by atoms with Crippen LogP contribution in [-0.2, 0) is 17.9 Å². The van der Waals surface area contributed by atoms with Gasteiger partial charge in [-0.2, -0.15) is 0 Å². The average Bonchev–Trinajstić information content (AvgIpc) is 3.16. The van der Waals surface area contributed by atoms with Gasteiger partial charge in [0.2, 0.25) is 5.91 Å². The molecule has 1 saturated carbocycles. The Bertz CT molecular complexity index is 1040. The van der Waals surface area contributed by atoms with Crippen molar-refractivity contribution in [1.29, 1.82) is 0 Å². The summed E-state index contributed by atoms with van der Waals surface area (Å²) in [5.74, 6) is 1.44. The van der Waals surface area contributed by atoms with E-state index in [1.165, 1.54) is 24.8 Å². The minimum absolute atomic E-state index is 0.165. The molecule has 0 spiro atoms. The minimum atomic E-state index is 0.165. The molecule has 30 heavy (non-hydrogen) atoms. The topological polar surface area (TPSA) is 50.2 Å². The lowest BCUT2D eigenvalue weighted by Crippen LogP contribution is -2.35. The standard InChI is InChI=1S/C25H30N4O/c1-18(19-8-4-2-5-9-19)28-14-15-29-23-13-12-21(16-22(23)27-24(29)17-28)26-25(30)20-10-6-3-7-11-20/h2,4-5,8-9,12-13,16,18,20H,3,6-7,10-11,14-15,17H2,1H3,(H,26,30)/t18-/m0/s1. The number of aromatic nitrogens is 2. The number of hydrogen-bond donors (Lipinski definition) is 1. The third kappa shape index (κ3) is 3.74. The van der Waals surface area contributed by atoms with Crippen LogP contribution in [-0.4, -0.2) is 26.9 Å². The molecule has 0 saturated heterocycles. The Labute approximate surface area is 178 Å². The van der Waals surface area contributed by atoms with Crippen LogP contribution in [0.1, 0.15) is 56.5 Å². The van der Waals surface area contributed by atoms with E-state index in [1.54, 1.807) is 0 Å². The summed E-state index contributed by atoms with van der Waals surface area (Å²) >= 11 is 0. The number of nitrogens with one attached hydrogen (secondary N) is 1. The second-order valence-electron chi connectivity index (χ2n) is 8.76. The molecule has 1 amide bonds. The van der Waals surface area contributed by atoms with E-state index in [2.05, 4.69) is 58.1 Å². The van der Waals surface area contributed by atoms with Gasteiger partial charge >= 0.3 is 0 Å². The van der Waals surface area contributed by atoms with Crippen LogP contribution < -0.4 is 5.32 Å². The fraction of sp³-hybridized carbons (Fsp3) is 0.440. The number of rotatable bonds is 4. The Kier molecular flexibility index (Phi) is 5.30. The predicted octanol–water partition coefficient (Wildman–Crippen LogP) is 5.13. The van der Waals surface area contributed by atoms with E-state index in [4.69, 9.17) is 4.98 Å². The normalized spacial score (nSPS) is 18.8. The molecule has 1 aliphatic heterocycles. The number of carbonyl (C=O) groups is 1. The van der Waals surface area contributed by atoms with Gasteiger partial charge in [0.1, 0.15) is 5.82 Å². The molecule has 2 aliphatic rings. The molecule has 0 bridgehead atoms. The highest BCUT2D eigenvalue weighted by atomic mass is 16.1. The molecule has 2 aromatic carbocycles. The Morgan fingerprint density at radius 3 is 2.67 bits per heavy atom. The maximum absolute atomic E-state index is 12.6. The quantitative estimate of drug-likeness (QED) is 0.658. The number of nitrogens with zero attached hydrogens (tertiary/aromatic N) is 3. The first-order valence-electron chi connectivity index (χ1n) is 11.3. The van der Waals surface area contributed by atoms with Gasteiger partial charge in [-0.1, -0.05) is 49.6 Å². The average molecular weight is 403 g/mol. The molecule has 3 aromatic rings. The largest absolute Gasteiger partial charge is 0.326 e. The molecule has 1 fully saturated rings. The molecule has 5 heteroatoms. The summed E-state index contributed by atoms with van der Waals surface area (Å²) in [7, 11) is 0. The number of benzene rings is 2. The zero-order valence-corrected chi connectivity index (χ0v) is 17.7. The first-order chi connectivity index (χ1) is 14.7. The van der Waals surface area contributed by atoms with Gasteiger partial charge in [-0.15, -0.1) is 0 Å². The van der Waals surface area contributed by atoms with Gasteiger partial charge in [0.25, 0.3) is 0 Å². The lowest BCUT2D eigenvalue weighted by molar-refractivity contribution is -0.120. The first-order valence-corrected chi connectivity index (χ1v) is 11.3. The molecule has 5 rings (SSSR count). The van der Waals surface area contributed by atoms with E-state index >= 15 is 0 Å². The lowest BCUT2D eigenvalue weighted by atomic mass is 9.88. The van der Waals surface area contributed by atoms with Crippen molar-refractivity contribution in [3.8, 4) is 0 Å². The Morgan fingerprint density at radius 1 is 1.07 bits per heavy atom. The maximum Gasteiger partial charge on any atom is 0.227 e. The van der Waals surface area contributed by atoms with Crippen LogP contribution in [0.3, 0.4) is 0 Å². The number of amides is 1. The van der Waals surface area contributed by atoms with Crippen LogP contribution >= 0.6 is 0 Å². The fourth-order valence-corrected chi connectivity index (χ4v) is 5.00. The highest BCUT2D eigenvalue weighted by molar-refractivity contribution is 5.94. The smallest absolute Gasteiger partial charge is 0.227 e. The van der Waals surface area contributed by atoms with Crippen LogP contribution in [0.15, 0.2) is 48.5 Å². The van der Waals surface area contributed by atoms with Crippen molar-refractivity contribution in [3.05, 3.63) is 59.9 Å². The fourth-order valence-electron chi connectivity index (χ4n) is 5.00. The molecular weight excluding hydrogens is 372 g/mol. The summed E-state index contributed by atoms with van der Waals surface area (Å²) in [6.45, 7) is 5.06. The molecule has 5 nitrogen and oxygen atoms in total. The number of anilines is 1. The second kappa shape index (κ2) is 8.23. The molecule has 1 atom stereocenters. The van der Waals surface area contributed by atoms with Gasteiger partial charge in [-0.05, 0) is 43.5 Å². The zero-order chi connectivity index (χ0) is 20.5. The van der Waals surface area contributed by atoms with E-state index < -0.39 is 0 Å². The molecule has 1 aromatic heterocycles. The van der Waals surface area contributed by atoms with Crippen molar-refractivity contribution < 1.29 is 4.79 Å². The second-order valence-corrected chi connectivity index (χ2v) is 8.76. The van der Waals surface area contributed by atoms with E-state index in [1.807, 2.05) is 12.1 Å². The third-order valence-corrected chi connectivity index (χ3v) is 6.86. The van der Waals surface area contributed by atoms with E-state index in [0.29, 0.717) is 6.04 Å². The summed E-state index contributed by atoms with van der Waals surface area (Å²) in [6, 6.07) is 17.2. The van der Waals surface area contributed by atoms with Crippen LogP contribution in [0, 0.1) is 5.92 Å². The van der Waals surface area contributed by atoms with Gasteiger partial charge in [-0.3, -0.25) is 9.69 Å². The van der Waals surface area contributed by atoms with Crippen molar-refractivity contribution in [1.82, 2.24) is 14.5 Å². The van der Waals surface area contributed by atoms with Crippen LogP contribution in [0.25, 0.3) is 11.0 Å². The van der Waals surface area contributed by atoms with Gasteiger partial charge in [0.15, 0.2) is 0 Å². The number of fused-ring (bicyclic) bond motifs is 3. The summed E-state index contributed by atoms with van der Waals surface area (Å²) in [4.78, 5) is 20.0. The summed E-state index contributed by atoms with van der Waals surface area (Å²) < 4.78 is 2.33. The number of carbonyl (C=O) groups excluding carboxylic acids is 1. The van der Waals surface area contributed by atoms with Crippen LogP contribution in [0.2, 0.25) is 0 Å². The van der Waals surface area contributed by atoms with E-state index in [-0.39, 0.29) is 11.8 Å². The summed E-state index contributed by atoms with van der Waals surface area (Å²) in [5, 5.41) is 3.13. The van der Waals surface area contributed by atoms with Gasteiger partial charge in [-0.25, -0.2) is 4.98 Å². The van der Waals surface area contributed by atoms with Crippen molar-refractivity contribution in [2.75, 3.05) is 11.9 Å². The molecule has 156 valence electrons. The molecule has 1 aliphatic carbocycles. The lowest BCUT2D eigenvalue weighted by Gasteiger charge is -2.33. The third-order valence-electron chi connectivity index (χ3n) is 6.86. The Morgan fingerprint density at radius 2 is 1.87 bits per heavy atom. The van der Waals surface area contributed by atoms with Gasteiger partial charge in [0.05, 0.1) is 17.6 Å². The molecule has 0 radical (unpaired) electrons. The van der Waals surface area contributed by atoms with Crippen molar-refractivity contribution >= 4 is 22.6 Å². The van der Waals surface area contributed by atoms with E-state index in [9.17, 15) is 4.79 Å². The highest BCUT2D eigenvalue weighted by Gasteiger charge is 2.25. The summed E-state index contributed by atoms with van der Waals surface area (Å²) in [6.07, 6.45) is 5.63. The molecular formula is C25H30N4O. The van der Waals surface area contributed by atoms with Crippen LogP contribution in [0.5, 0.6) is 0 Å². The van der Waals surface area contributed by atoms with Crippen molar-refractivity contribution in [3.63, 3.8) is 0 Å². The van der Waals surface area contributed by atoms with Crippen LogP contribution in [0.4, 0.5) is 5.69 Å². The first kappa shape index (κ1) is 19.3. The van der Waals surface area contributed by atoms with E-state index in [0.717, 1.165) is 55.0 Å². The maximum atomic E-state index is 12.6. The molecule has 2 heterocycles. The highest BCUT2D eigenvalue weighted by Crippen LogP contribution is 2.29. The zero-order valence-electron chi connectivity index (χ0n) is 17.7. The van der Waals surface area contributed by atoms with Crippen molar-refractivity contribution in [2.45, 2.75) is 58.2 Å². The monoisotopic (exact) mass is 402 g/mol.